The van der Waals surface area contributed by atoms with Crippen molar-refractivity contribution in [2.75, 3.05) is 0 Å². The van der Waals surface area contributed by atoms with E-state index in [1.807, 2.05) is 6.07 Å². The third kappa shape index (κ3) is 4.39. The molecular weight excluding hydrogens is 249 g/mol. The zero-order chi connectivity index (χ0) is 14.4. The number of primary amides is 1. The molecule has 19 heavy (non-hydrogen) atoms. The predicted octanol–water partition coefficient (Wildman–Crippen LogP) is 0.959. The minimum atomic E-state index is -0.953. The summed E-state index contributed by atoms with van der Waals surface area (Å²) in [5.41, 5.74) is 5.25. The van der Waals surface area contributed by atoms with Crippen molar-refractivity contribution in [3.05, 3.63) is 35.6 Å². The minimum Gasteiger partial charge on any atom is -0.368 e. The van der Waals surface area contributed by atoms with Gasteiger partial charge < -0.3 is 11.1 Å². The number of nitrogens with one attached hydrogen (secondary N) is 1. The lowest BCUT2D eigenvalue weighted by molar-refractivity contribution is -0.120. The van der Waals surface area contributed by atoms with Gasteiger partial charge in [0.1, 0.15) is 11.9 Å². The van der Waals surface area contributed by atoms with E-state index in [4.69, 9.17) is 11.0 Å². The van der Waals surface area contributed by atoms with E-state index in [2.05, 4.69) is 5.32 Å². The lowest BCUT2D eigenvalue weighted by atomic mass is 10.0. The molecule has 1 aromatic rings. The average molecular weight is 263 g/mol. The number of nitrogens with zero attached hydrogens (tertiary/aromatic N) is 1. The molecule has 0 bridgehead atoms. The number of nitrogens with two attached hydrogens (primary N) is 1. The number of carbonyl (C=O) groups excluding carboxylic acids is 2. The summed E-state index contributed by atoms with van der Waals surface area (Å²) in [6.07, 6.45) is 0.118. The first-order chi connectivity index (χ1) is 8.93. The van der Waals surface area contributed by atoms with E-state index in [0.29, 0.717) is 0 Å². The highest BCUT2D eigenvalue weighted by Crippen LogP contribution is 2.07. The number of hydrogen-bond donors (Lipinski definition) is 2. The van der Waals surface area contributed by atoms with Crippen LogP contribution in [0, 0.1) is 23.1 Å². The molecule has 2 amide bonds. The van der Waals surface area contributed by atoms with Crippen molar-refractivity contribution in [1.29, 1.82) is 5.26 Å². The highest BCUT2D eigenvalue weighted by Gasteiger charge is 2.21. The first-order valence-corrected chi connectivity index (χ1v) is 5.69. The molecule has 0 saturated carbocycles. The van der Waals surface area contributed by atoms with Crippen LogP contribution in [-0.2, 0) is 4.79 Å². The summed E-state index contributed by atoms with van der Waals surface area (Å²) in [5.74, 6) is -2.31. The molecule has 0 heterocycles. The van der Waals surface area contributed by atoms with Gasteiger partial charge in [0, 0.05) is 11.5 Å². The van der Waals surface area contributed by atoms with Crippen molar-refractivity contribution in [1.82, 2.24) is 5.32 Å². The van der Waals surface area contributed by atoms with Crippen LogP contribution in [0.5, 0.6) is 0 Å². The molecule has 0 aliphatic rings. The van der Waals surface area contributed by atoms with Crippen molar-refractivity contribution in [3.63, 3.8) is 0 Å². The van der Waals surface area contributed by atoms with Crippen LogP contribution in [0.25, 0.3) is 0 Å². The number of benzene rings is 1. The van der Waals surface area contributed by atoms with Crippen LogP contribution in [0.1, 0.15) is 23.7 Å². The first kappa shape index (κ1) is 14.6. The molecule has 0 unspecified atom stereocenters. The van der Waals surface area contributed by atoms with E-state index in [1.54, 1.807) is 6.92 Å². The summed E-state index contributed by atoms with van der Waals surface area (Å²) in [6, 6.07) is 6.08. The topological polar surface area (TPSA) is 96.0 Å². The van der Waals surface area contributed by atoms with Crippen LogP contribution in [0.2, 0.25) is 0 Å². The largest absolute Gasteiger partial charge is 0.368 e. The van der Waals surface area contributed by atoms with E-state index in [-0.39, 0.29) is 12.0 Å². The van der Waals surface area contributed by atoms with E-state index in [1.165, 1.54) is 18.2 Å². The smallest absolute Gasteiger partial charge is 0.252 e. The molecule has 6 heteroatoms. The lowest BCUT2D eigenvalue weighted by Gasteiger charge is -2.16. The van der Waals surface area contributed by atoms with Crippen molar-refractivity contribution in [2.24, 2.45) is 11.7 Å². The summed E-state index contributed by atoms with van der Waals surface area (Å²) in [5, 5.41) is 11.1. The Kier molecular flexibility index (Phi) is 5.01. The first-order valence-electron chi connectivity index (χ1n) is 5.69. The number of hydrogen-bond acceptors (Lipinski definition) is 3. The van der Waals surface area contributed by atoms with Gasteiger partial charge in [0.2, 0.25) is 5.91 Å². The maximum Gasteiger partial charge on any atom is 0.252 e. The Morgan fingerprint density at radius 3 is 2.74 bits per heavy atom. The van der Waals surface area contributed by atoms with Crippen molar-refractivity contribution >= 4 is 11.8 Å². The second kappa shape index (κ2) is 6.50. The molecule has 3 N–H and O–H groups in total. The summed E-state index contributed by atoms with van der Waals surface area (Å²) in [6.45, 7) is 1.62. The fourth-order valence-corrected chi connectivity index (χ4v) is 1.52. The summed E-state index contributed by atoms with van der Waals surface area (Å²) >= 11 is 0. The van der Waals surface area contributed by atoms with Crippen molar-refractivity contribution < 1.29 is 14.0 Å². The van der Waals surface area contributed by atoms with Gasteiger partial charge >= 0.3 is 0 Å². The number of rotatable bonds is 5. The average Bonchev–Trinajstić information content (AvgIpc) is 2.37. The Hall–Kier alpha value is -2.42. The molecule has 0 aromatic heterocycles. The summed E-state index contributed by atoms with van der Waals surface area (Å²) < 4.78 is 13.0. The minimum absolute atomic E-state index is 0.0934. The van der Waals surface area contributed by atoms with E-state index < -0.39 is 29.6 Å². The van der Waals surface area contributed by atoms with E-state index >= 15 is 0 Å². The number of carbonyl (C=O) groups is 2. The van der Waals surface area contributed by atoms with Gasteiger partial charge in [-0.1, -0.05) is 6.07 Å². The Bertz CT molecular complexity index is 525. The Balaban J connectivity index is 2.77. The van der Waals surface area contributed by atoms with Gasteiger partial charge in [-0.25, -0.2) is 4.39 Å². The van der Waals surface area contributed by atoms with Crippen molar-refractivity contribution in [2.45, 2.75) is 19.4 Å². The molecular formula is C13H14FN3O2. The molecule has 1 aromatic carbocycles. The van der Waals surface area contributed by atoms with Gasteiger partial charge in [0.05, 0.1) is 6.07 Å². The molecule has 2 atom stereocenters. The van der Waals surface area contributed by atoms with Crippen LogP contribution < -0.4 is 11.1 Å². The van der Waals surface area contributed by atoms with Gasteiger partial charge in [-0.05, 0) is 31.5 Å². The Morgan fingerprint density at radius 2 is 2.21 bits per heavy atom. The number of amides is 2. The van der Waals surface area contributed by atoms with E-state index in [9.17, 15) is 14.0 Å². The van der Waals surface area contributed by atoms with E-state index in [0.717, 1.165) is 6.07 Å². The Morgan fingerprint density at radius 1 is 1.53 bits per heavy atom. The number of nitriles is 1. The highest BCUT2D eigenvalue weighted by atomic mass is 19.1. The normalized spacial score (nSPS) is 13.1. The second-order valence-electron chi connectivity index (χ2n) is 4.20. The van der Waals surface area contributed by atoms with Gasteiger partial charge in [-0.3, -0.25) is 9.59 Å². The molecule has 100 valence electrons. The predicted molar refractivity (Wildman–Crippen MR) is 66.2 cm³/mol. The quantitative estimate of drug-likeness (QED) is 0.828. The zero-order valence-electron chi connectivity index (χ0n) is 10.4. The fourth-order valence-electron chi connectivity index (χ4n) is 1.52. The summed E-state index contributed by atoms with van der Waals surface area (Å²) in [4.78, 5) is 23.0. The number of halogens is 1. The SMILES string of the molecule is C[C@H](C#N)C[C@H](NC(=O)c1cccc(F)c1)C(N)=O. The standard InChI is InChI=1S/C13H14FN3O2/c1-8(7-15)5-11(12(16)18)17-13(19)9-3-2-4-10(14)6-9/h2-4,6,8,11H,5H2,1H3,(H2,16,18)(H,17,19)/t8-,11-/m0/s1. The van der Waals surface area contributed by atoms with Crippen LogP contribution in [0.3, 0.4) is 0 Å². The Labute approximate surface area is 110 Å². The molecule has 5 nitrogen and oxygen atoms in total. The third-order valence-electron chi connectivity index (χ3n) is 2.55. The van der Waals surface area contributed by atoms with Gasteiger partial charge in [0.15, 0.2) is 0 Å². The molecule has 0 saturated heterocycles. The molecule has 0 radical (unpaired) electrons. The maximum absolute atomic E-state index is 13.0. The third-order valence-corrected chi connectivity index (χ3v) is 2.55. The van der Waals surface area contributed by atoms with Crippen LogP contribution in [0.15, 0.2) is 24.3 Å². The van der Waals surface area contributed by atoms with Crippen LogP contribution in [-0.4, -0.2) is 17.9 Å². The van der Waals surface area contributed by atoms with Gasteiger partial charge in [-0.15, -0.1) is 0 Å². The molecule has 1 rings (SSSR count). The zero-order valence-corrected chi connectivity index (χ0v) is 10.4. The molecule has 0 aliphatic heterocycles. The highest BCUT2D eigenvalue weighted by molar-refractivity contribution is 5.97. The monoisotopic (exact) mass is 263 g/mol. The van der Waals surface area contributed by atoms with Gasteiger partial charge in [0.25, 0.3) is 5.91 Å². The molecule has 0 aliphatic carbocycles. The molecule has 0 fully saturated rings. The van der Waals surface area contributed by atoms with Crippen LogP contribution >= 0.6 is 0 Å². The maximum atomic E-state index is 13.0. The lowest BCUT2D eigenvalue weighted by Crippen LogP contribution is -2.45. The molecule has 0 spiro atoms. The van der Waals surface area contributed by atoms with Crippen molar-refractivity contribution in [3.8, 4) is 6.07 Å². The van der Waals surface area contributed by atoms with Gasteiger partial charge in [-0.2, -0.15) is 5.26 Å². The second-order valence-corrected chi connectivity index (χ2v) is 4.20. The summed E-state index contributed by atoms with van der Waals surface area (Å²) in [7, 11) is 0. The fraction of sp³-hybridized carbons (Fsp3) is 0.308. The van der Waals surface area contributed by atoms with Crippen LogP contribution in [0.4, 0.5) is 4.39 Å².